The fourth-order valence-electron chi connectivity index (χ4n) is 9.41. The van der Waals surface area contributed by atoms with E-state index in [1.807, 2.05) is 0 Å². The van der Waals surface area contributed by atoms with E-state index >= 15 is 0 Å². The van der Waals surface area contributed by atoms with E-state index in [1.165, 1.54) is 43.8 Å². The van der Waals surface area contributed by atoms with Crippen LogP contribution in [0.4, 0.5) is 34.1 Å². The summed E-state index contributed by atoms with van der Waals surface area (Å²) in [5.74, 6) is 1.65. The highest BCUT2D eigenvalue weighted by Crippen LogP contribution is 2.55. The predicted molar refractivity (Wildman–Crippen MR) is 265 cm³/mol. The van der Waals surface area contributed by atoms with E-state index in [0.717, 1.165) is 67.5 Å². The maximum absolute atomic E-state index is 7.13. The van der Waals surface area contributed by atoms with Crippen molar-refractivity contribution in [1.29, 1.82) is 0 Å². The van der Waals surface area contributed by atoms with Gasteiger partial charge in [-0.2, -0.15) is 0 Å². The molecule has 3 heteroatoms. The van der Waals surface area contributed by atoms with Crippen molar-refractivity contribution in [2.45, 2.75) is 0 Å². The molecule has 11 aromatic rings. The van der Waals surface area contributed by atoms with Crippen molar-refractivity contribution < 1.29 is 4.74 Å². The van der Waals surface area contributed by atoms with Crippen molar-refractivity contribution >= 4 is 66.4 Å². The third kappa shape index (κ3) is 6.46. The highest BCUT2D eigenvalue weighted by Gasteiger charge is 2.28. The van der Waals surface area contributed by atoms with E-state index < -0.39 is 0 Å². The number of hydrogen-bond donors (Lipinski definition) is 0. The summed E-state index contributed by atoms with van der Waals surface area (Å²) in [4.78, 5) is 4.75. The minimum absolute atomic E-state index is 0.820. The van der Waals surface area contributed by atoms with Gasteiger partial charge in [0.2, 0.25) is 0 Å². The second kappa shape index (κ2) is 15.3. The van der Waals surface area contributed by atoms with E-state index in [2.05, 4.69) is 252 Å². The lowest BCUT2D eigenvalue weighted by atomic mass is 9.92. The Morgan fingerprint density at radius 1 is 0.286 bits per heavy atom. The van der Waals surface area contributed by atoms with Crippen LogP contribution in [0.25, 0.3) is 65.7 Å². The molecule has 1 heterocycles. The number of benzene rings is 11. The van der Waals surface area contributed by atoms with Gasteiger partial charge in [0.25, 0.3) is 0 Å². The third-order valence-electron chi connectivity index (χ3n) is 12.4. The van der Waals surface area contributed by atoms with Gasteiger partial charge in [-0.15, -0.1) is 0 Å². The normalized spacial score (nSPS) is 11.6. The number of anilines is 6. The van der Waals surface area contributed by atoms with Gasteiger partial charge in [0.1, 0.15) is 11.5 Å². The molecule has 0 bridgehead atoms. The standard InChI is InChI=1S/C60H40N2O/c1-3-14-41(15-4-1)44-28-33-49(34-29-44)61(51-37-32-43-18-7-8-20-47(43)38-51)52-39-48-22-11-24-54-59(48)58(40-52)63-57-27-13-26-56(60(54)57)62(55-25-12-21-46-19-9-10-23-53(46)55)50-35-30-45(31-36-50)42-16-5-2-6-17-42/h1-40H. The Morgan fingerprint density at radius 3 is 1.54 bits per heavy atom. The number of rotatable bonds is 8. The summed E-state index contributed by atoms with van der Waals surface area (Å²) in [6.07, 6.45) is 0. The van der Waals surface area contributed by atoms with Crippen molar-refractivity contribution in [3.63, 3.8) is 0 Å². The summed E-state index contributed by atoms with van der Waals surface area (Å²) in [6.45, 7) is 0. The van der Waals surface area contributed by atoms with Gasteiger partial charge in [-0.05, 0) is 110 Å². The molecule has 0 amide bonds. The zero-order valence-electron chi connectivity index (χ0n) is 34.4. The van der Waals surface area contributed by atoms with Gasteiger partial charge in [-0.25, -0.2) is 0 Å². The van der Waals surface area contributed by atoms with Crippen LogP contribution in [0, 0.1) is 0 Å². The average Bonchev–Trinajstić information content (AvgIpc) is 3.35. The highest BCUT2D eigenvalue weighted by molar-refractivity contribution is 6.11. The van der Waals surface area contributed by atoms with Crippen LogP contribution in [0.3, 0.4) is 0 Å². The molecule has 0 N–H and O–H groups in total. The first-order valence-corrected chi connectivity index (χ1v) is 21.5. The Hall–Kier alpha value is -8.40. The van der Waals surface area contributed by atoms with Crippen LogP contribution in [0.15, 0.2) is 243 Å². The van der Waals surface area contributed by atoms with Crippen LogP contribution in [0.5, 0.6) is 11.5 Å². The smallest absolute Gasteiger partial charge is 0.138 e. The molecule has 0 aromatic heterocycles. The number of nitrogens with zero attached hydrogens (tertiary/aromatic N) is 2. The number of ether oxygens (including phenoxy) is 1. The maximum Gasteiger partial charge on any atom is 0.138 e. The number of hydrogen-bond acceptors (Lipinski definition) is 3. The second-order valence-corrected chi connectivity index (χ2v) is 16.1. The Balaban J connectivity index is 1.02. The first kappa shape index (κ1) is 36.5. The van der Waals surface area contributed by atoms with Crippen LogP contribution in [-0.4, -0.2) is 0 Å². The van der Waals surface area contributed by atoms with Crippen LogP contribution in [0.1, 0.15) is 0 Å². The fraction of sp³-hybridized carbons (Fsp3) is 0. The molecule has 12 rings (SSSR count). The van der Waals surface area contributed by atoms with Gasteiger partial charge in [-0.3, -0.25) is 0 Å². The molecule has 0 atom stereocenters. The molecule has 0 aliphatic carbocycles. The van der Waals surface area contributed by atoms with Crippen molar-refractivity contribution in [1.82, 2.24) is 0 Å². The van der Waals surface area contributed by atoms with Gasteiger partial charge < -0.3 is 14.5 Å². The third-order valence-corrected chi connectivity index (χ3v) is 12.4. The van der Waals surface area contributed by atoms with E-state index in [1.54, 1.807) is 0 Å². The number of fused-ring (bicyclic) bond motifs is 4. The fourth-order valence-corrected chi connectivity index (χ4v) is 9.41. The molecule has 1 aliphatic heterocycles. The Bertz CT molecular complexity index is 3470. The van der Waals surface area contributed by atoms with E-state index in [9.17, 15) is 0 Å². The molecule has 1 aliphatic rings. The predicted octanol–water partition coefficient (Wildman–Crippen LogP) is 17.2. The SMILES string of the molecule is c1ccc(-c2ccc(N(c3ccc4ccccc4c3)c3cc4c5c(cccc5c3)-c3c(cccc3N(c3ccc(-c5ccccc5)cc3)c3cccc5ccccc35)O4)cc2)cc1. The van der Waals surface area contributed by atoms with Crippen LogP contribution >= 0.6 is 0 Å². The minimum atomic E-state index is 0.820. The van der Waals surface area contributed by atoms with Crippen molar-refractivity contribution in [2.75, 3.05) is 9.80 Å². The van der Waals surface area contributed by atoms with Gasteiger partial charge in [0, 0.05) is 39.5 Å². The van der Waals surface area contributed by atoms with Gasteiger partial charge in [-0.1, -0.05) is 176 Å². The Morgan fingerprint density at radius 2 is 0.810 bits per heavy atom. The summed E-state index contributed by atoms with van der Waals surface area (Å²) < 4.78 is 7.13. The molecule has 0 saturated carbocycles. The van der Waals surface area contributed by atoms with Crippen molar-refractivity contribution in [3.05, 3.63) is 243 Å². The summed E-state index contributed by atoms with van der Waals surface area (Å²) in [7, 11) is 0. The summed E-state index contributed by atoms with van der Waals surface area (Å²) in [5, 5.41) is 6.96. The van der Waals surface area contributed by atoms with Gasteiger partial charge in [0.15, 0.2) is 0 Å². The molecule has 3 nitrogen and oxygen atoms in total. The molecule has 0 unspecified atom stereocenters. The zero-order chi connectivity index (χ0) is 41.7. The second-order valence-electron chi connectivity index (χ2n) is 16.1. The molecule has 296 valence electrons. The molecular weight excluding hydrogens is 765 g/mol. The average molecular weight is 805 g/mol. The molecule has 63 heavy (non-hydrogen) atoms. The largest absolute Gasteiger partial charge is 0.456 e. The first-order valence-electron chi connectivity index (χ1n) is 21.5. The topological polar surface area (TPSA) is 15.7 Å². The lowest BCUT2D eigenvalue weighted by Gasteiger charge is -2.32. The molecule has 11 aromatic carbocycles. The molecule has 0 spiro atoms. The molecule has 0 radical (unpaired) electrons. The minimum Gasteiger partial charge on any atom is -0.456 e. The van der Waals surface area contributed by atoms with Gasteiger partial charge >= 0.3 is 0 Å². The summed E-state index contributed by atoms with van der Waals surface area (Å²) in [5.41, 5.74) is 13.3. The Labute approximate surface area is 367 Å². The van der Waals surface area contributed by atoms with Crippen LogP contribution < -0.4 is 14.5 Å². The van der Waals surface area contributed by atoms with Gasteiger partial charge in [0.05, 0.1) is 17.1 Å². The Kier molecular flexibility index (Phi) is 8.83. The van der Waals surface area contributed by atoms with E-state index in [0.29, 0.717) is 0 Å². The van der Waals surface area contributed by atoms with Crippen molar-refractivity contribution in [2.24, 2.45) is 0 Å². The lowest BCUT2D eigenvalue weighted by Crippen LogP contribution is -2.13. The quantitative estimate of drug-likeness (QED) is 0.152. The zero-order valence-corrected chi connectivity index (χ0v) is 34.4. The van der Waals surface area contributed by atoms with Crippen molar-refractivity contribution in [3.8, 4) is 44.9 Å². The highest BCUT2D eigenvalue weighted by atomic mass is 16.5. The monoisotopic (exact) mass is 804 g/mol. The maximum atomic E-state index is 7.13. The van der Waals surface area contributed by atoms with E-state index in [4.69, 9.17) is 4.74 Å². The molecule has 0 saturated heterocycles. The summed E-state index contributed by atoms with van der Waals surface area (Å²) >= 11 is 0. The van der Waals surface area contributed by atoms with Crippen LogP contribution in [-0.2, 0) is 0 Å². The molecule has 0 fully saturated rings. The van der Waals surface area contributed by atoms with Crippen LogP contribution in [0.2, 0.25) is 0 Å². The first-order chi connectivity index (χ1) is 31.2. The van der Waals surface area contributed by atoms with E-state index in [-0.39, 0.29) is 0 Å². The molecular formula is C60H40N2O. The lowest BCUT2D eigenvalue weighted by molar-refractivity contribution is 0.487. The summed E-state index contributed by atoms with van der Waals surface area (Å²) in [6, 6.07) is 87.0.